The normalized spacial score (nSPS) is 18.4. The Morgan fingerprint density at radius 1 is 1.00 bits per heavy atom. The molecular formula is C20H27N3O4S. The molecule has 1 saturated carbocycles. The number of sulfonamides is 1. The van der Waals surface area contributed by atoms with Crippen molar-refractivity contribution in [3.8, 4) is 0 Å². The highest BCUT2D eigenvalue weighted by atomic mass is 32.2. The number of carbonyl (C=O) groups excluding carboxylic acids is 2. The van der Waals surface area contributed by atoms with E-state index in [2.05, 4.69) is 17.2 Å². The number of hydrogen-bond donors (Lipinski definition) is 2. The van der Waals surface area contributed by atoms with Crippen molar-refractivity contribution >= 4 is 21.8 Å². The molecule has 28 heavy (non-hydrogen) atoms. The zero-order chi connectivity index (χ0) is 20.1. The zero-order valence-electron chi connectivity index (χ0n) is 15.9. The molecule has 2 N–H and O–H groups in total. The second-order valence-corrected chi connectivity index (χ2v) is 9.41. The Bertz CT molecular complexity index is 824. The quantitative estimate of drug-likeness (QED) is 0.641. The van der Waals surface area contributed by atoms with Crippen molar-refractivity contribution in [2.45, 2.75) is 30.6 Å². The highest BCUT2D eigenvalue weighted by Crippen LogP contribution is 2.28. The standard InChI is InChI=1S/C20H27N3O4S/c1-2-19(24)21-13-16-9-11-23(12-10-16)28(26,27)18-7-5-17(6-8-18)20(25)22-14-15-3-4-15/h2,5-8,15-16H,1,3-4,9-14H2,(H,21,24)(H,22,25). The van der Waals surface area contributed by atoms with E-state index in [0.29, 0.717) is 50.5 Å². The third-order valence-corrected chi connectivity index (χ3v) is 7.24. The Labute approximate surface area is 166 Å². The summed E-state index contributed by atoms with van der Waals surface area (Å²) in [7, 11) is -3.58. The molecule has 1 heterocycles. The van der Waals surface area contributed by atoms with Crippen molar-refractivity contribution in [3.63, 3.8) is 0 Å². The Morgan fingerprint density at radius 2 is 1.57 bits per heavy atom. The number of carbonyl (C=O) groups is 2. The smallest absolute Gasteiger partial charge is 0.251 e. The first-order valence-corrected chi connectivity index (χ1v) is 11.1. The van der Waals surface area contributed by atoms with Gasteiger partial charge in [0.15, 0.2) is 0 Å². The van der Waals surface area contributed by atoms with E-state index < -0.39 is 10.0 Å². The van der Waals surface area contributed by atoms with E-state index in [1.54, 1.807) is 12.1 Å². The fourth-order valence-electron chi connectivity index (χ4n) is 3.26. The number of amides is 2. The van der Waals surface area contributed by atoms with Gasteiger partial charge in [-0.05, 0) is 67.9 Å². The van der Waals surface area contributed by atoms with Crippen molar-refractivity contribution in [2.24, 2.45) is 11.8 Å². The Balaban J connectivity index is 1.54. The van der Waals surface area contributed by atoms with Crippen molar-refractivity contribution in [1.29, 1.82) is 0 Å². The fourth-order valence-corrected chi connectivity index (χ4v) is 4.73. The Morgan fingerprint density at radius 3 is 2.14 bits per heavy atom. The summed E-state index contributed by atoms with van der Waals surface area (Å²) in [4.78, 5) is 23.6. The molecule has 2 aliphatic rings. The lowest BCUT2D eigenvalue weighted by atomic mass is 9.98. The SMILES string of the molecule is C=CC(=O)NCC1CCN(S(=O)(=O)c2ccc(C(=O)NCC3CC3)cc2)CC1. The topological polar surface area (TPSA) is 95.6 Å². The van der Waals surface area contributed by atoms with Crippen LogP contribution < -0.4 is 10.6 Å². The van der Waals surface area contributed by atoms with Crippen LogP contribution in [-0.4, -0.2) is 50.7 Å². The molecule has 152 valence electrons. The average molecular weight is 406 g/mol. The number of nitrogens with zero attached hydrogens (tertiary/aromatic N) is 1. The summed E-state index contributed by atoms with van der Waals surface area (Å²) in [6.07, 6.45) is 4.94. The van der Waals surface area contributed by atoms with Crippen LogP contribution in [-0.2, 0) is 14.8 Å². The van der Waals surface area contributed by atoms with Crippen molar-refractivity contribution in [2.75, 3.05) is 26.2 Å². The molecule has 0 spiro atoms. The number of nitrogens with one attached hydrogen (secondary N) is 2. The fraction of sp³-hybridized carbons (Fsp3) is 0.500. The summed E-state index contributed by atoms with van der Waals surface area (Å²) in [5.74, 6) is 0.471. The molecule has 0 aromatic heterocycles. The van der Waals surface area contributed by atoms with Gasteiger partial charge in [0, 0.05) is 31.7 Å². The molecule has 2 amide bonds. The van der Waals surface area contributed by atoms with E-state index in [4.69, 9.17) is 0 Å². The molecule has 3 rings (SSSR count). The van der Waals surface area contributed by atoms with Crippen molar-refractivity contribution < 1.29 is 18.0 Å². The predicted molar refractivity (Wildman–Crippen MR) is 106 cm³/mol. The maximum absolute atomic E-state index is 12.9. The van der Waals surface area contributed by atoms with Crippen LogP contribution in [0.3, 0.4) is 0 Å². The minimum absolute atomic E-state index is 0.168. The lowest BCUT2D eigenvalue weighted by Gasteiger charge is -2.31. The summed E-state index contributed by atoms with van der Waals surface area (Å²) in [5, 5.41) is 5.64. The largest absolute Gasteiger partial charge is 0.352 e. The van der Waals surface area contributed by atoms with E-state index in [9.17, 15) is 18.0 Å². The lowest BCUT2D eigenvalue weighted by Crippen LogP contribution is -2.41. The number of hydrogen-bond acceptors (Lipinski definition) is 4. The van der Waals surface area contributed by atoms with E-state index >= 15 is 0 Å². The highest BCUT2D eigenvalue weighted by molar-refractivity contribution is 7.89. The minimum Gasteiger partial charge on any atom is -0.352 e. The third kappa shape index (κ3) is 5.20. The van der Waals surface area contributed by atoms with Gasteiger partial charge in [-0.3, -0.25) is 9.59 Å². The van der Waals surface area contributed by atoms with Crippen LogP contribution in [0.5, 0.6) is 0 Å². The molecule has 1 aromatic rings. The van der Waals surface area contributed by atoms with E-state index in [0.717, 1.165) is 12.8 Å². The number of rotatable bonds is 8. The second-order valence-electron chi connectivity index (χ2n) is 7.47. The van der Waals surface area contributed by atoms with E-state index in [1.807, 2.05) is 0 Å². The Kier molecular flexibility index (Phi) is 6.51. The third-order valence-electron chi connectivity index (χ3n) is 5.33. The molecule has 0 unspecified atom stereocenters. The van der Waals surface area contributed by atoms with Gasteiger partial charge in [0.25, 0.3) is 5.91 Å². The first-order chi connectivity index (χ1) is 13.4. The molecule has 1 aliphatic carbocycles. The molecule has 8 heteroatoms. The van der Waals surface area contributed by atoms with Gasteiger partial charge in [0.05, 0.1) is 4.90 Å². The predicted octanol–water partition coefficient (Wildman–Crippen LogP) is 1.53. The van der Waals surface area contributed by atoms with Gasteiger partial charge in [-0.15, -0.1) is 0 Å². The van der Waals surface area contributed by atoms with Crippen LogP contribution in [0.25, 0.3) is 0 Å². The van der Waals surface area contributed by atoms with Crippen LogP contribution in [0.15, 0.2) is 41.8 Å². The Hall–Kier alpha value is -2.19. The summed E-state index contributed by atoms with van der Waals surface area (Å²) >= 11 is 0. The summed E-state index contributed by atoms with van der Waals surface area (Å²) in [6, 6.07) is 6.12. The van der Waals surface area contributed by atoms with Gasteiger partial charge in [-0.25, -0.2) is 8.42 Å². The summed E-state index contributed by atoms with van der Waals surface area (Å²) in [6.45, 7) is 5.46. The molecule has 7 nitrogen and oxygen atoms in total. The molecule has 0 radical (unpaired) electrons. The molecule has 0 bridgehead atoms. The first kappa shape index (κ1) is 20.5. The monoisotopic (exact) mass is 405 g/mol. The summed E-state index contributed by atoms with van der Waals surface area (Å²) in [5.41, 5.74) is 0.469. The zero-order valence-corrected chi connectivity index (χ0v) is 16.7. The average Bonchev–Trinajstić information content (AvgIpc) is 3.55. The van der Waals surface area contributed by atoms with Gasteiger partial charge in [0.1, 0.15) is 0 Å². The maximum Gasteiger partial charge on any atom is 0.251 e. The molecular weight excluding hydrogens is 378 g/mol. The molecule has 0 atom stereocenters. The number of benzene rings is 1. The second kappa shape index (κ2) is 8.87. The van der Waals surface area contributed by atoms with Gasteiger partial charge < -0.3 is 10.6 Å². The summed E-state index contributed by atoms with van der Waals surface area (Å²) < 4.78 is 27.2. The lowest BCUT2D eigenvalue weighted by molar-refractivity contribution is -0.116. The van der Waals surface area contributed by atoms with Crippen LogP contribution in [0.2, 0.25) is 0 Å². The van der Waals surface area contributed by atoms with E-state index in [1.165, 1.54) is 22.5 Å². The van der Waals surface area contributed by atoms with Crippen LogP contribution in [0.4, 0.5) is 0 Å². The van der Waals surface area contributed by atoms with Crippen molar-refractivity contribution in [3.05, 3.63) is 42.5 Å². The van der Waals surface area contributed by atoms with Gasteiger partial charge >= 0.3 is 0 Å². The van der Waals surface area contributed by atoms with Gasteiger partial charge in [0.2, 0.25) is 15.9 Å². The molecule has 2 fully saturated rings. The highest BCUT2D eigenvalue weighted by Gasteiger charge is 2.29. The van der Waals surface area contributed by atoms with Gasteiger partial charge in [-0.1, -0.05) is 6.58 Å². The van der Waals surface area contributed by atoms with Crippen molar-refractivity contribution in [1.82, 2.24) is 14.9 Å². The molecule has 1 saturated heterocycles. The van der Waals surface area contributed by atoms with Crippen LogP contribution >= 0.6 is 0 Å². The first-order valence-electron chi connectivity index (χ1n) is 9.69. The maximum atomic E-state index is 12.9. The van der Waals surface area contributed by atoms with E-state index in [-0.39, 0.29) is 22.6 Å². The minimum atomic E-state index is -3.58. The number of piperidine rings is 1. The van der Waals surface area contributed by atoms with Crippen LogP contribution in [0.1, 0.15) is 36.0 Å². The molecule has 1 aliphatic heterocycles. The molecule has 1 aromatic carbocycles. The van der Waals surface area contributed by atoms with Gasteiger partial charge in [-0.2, -0.15) is 4.31 Å². The van der Waals surface area contributed by atoms with Crippen LogP contribution in [0, 0.1) is 11.8 Å².